The van der Waals surface area contributed by atoms with Crippen molar-refractivity contribution in [3.8, 4) is 11.5 Å². The average molecular weight is 487 g/mol. The number of aromatic hydroxyl groups is 1. The standard InChI is InChI=1S/C29H30N2O5/c1-5-30(6-2)21-10-12-22(13-11-21)31-26(19-7-14-23(32)15-8-19)25(28(34)29(31)35)27(33)20-9-16-24(36-4)18(3)17-20/h7-17,26,32-33H,5-6H2,1-4H3/b27-25-. The Labute approximate surface area is 210 Å². The third kappa shape index (κ3) is 4.40. The molecule has 3 aromatic rings. The van der Waals surface area contributed by atoms with Crippen molar-refractivity contribution in [3.63, 3.8) is 0 Å². The number of hydrogen-bond acceptors (Lipinski definition) is 6. The van der Waals surface area contributed by atoms with Crippen LogP contribution in [0.25, 0.3) is 5.76 Å². The summed E-state index contributed by atoms with van der Waals surface area (Å²) in [5.41, 5.74) is 3.32. The number of ether oxygens (including phenoxy) is 1. The molecule has 4 rings (SSSR count). The number of phenolic OH excluding ortho intramolecular Hbond substituents is 1. The molecule has 1 amide bonds. The first-order chi connectivity index (χ1) is 17.3. The van der Waals surface area contributed by atoms with Gasteiger partial charge >= 0.3 is 0 Å². The molecule has 7 nitrogen and oxygen atoms in total. The molecule has 1 atom stereocenters. The summed E-state index contributed by atoms with van der Waals surface area (Å²) in [7, 11) is 1.56. The Morgan fingerprint density at radius 2 is 1.61 bits per heavy atom. The Morgan fingerprint density at radius 3 is 2.17 bits per heavy atom. The number of hydrogen-bond donors (Lipinski definition) is 2. The second-order valence-corrected chi connectivity index (χ2v) is 8.63. The second kappa shape index (κ2) is 10.2. The molecule has 0 aromatic heterocycles. The molecule has 0 saturated carbocycles. The van der Waals surface area contributed by atoms with Crippen molar-refractivity contribution in [1.82, 2.24) is 0 Å². The lowest BCUT2D eigenvalue weighted by atomic mass is 9.94. The fraction of sp³-hybridized carbons (Fsp3) is 0.241. The van der Waals surface area contributed by atoms with Crippen LogP contribution in [0.3, 0.4) is 0 Å². The first-order valence-corrected chi connectivity index (χ1v) is 11.9. The fourth-order valence-electron chi connectivity index (χ4n) is 4.66. The highest BCUT2D eigenvalue weighted by atomic mass is 16.5. The number of aliphatic hydroxyl groups is 1. The molecule has 2 N–H and O–H groups in total. The SMILES string of the molecule is CCN(CC)c1ccc(N2C(=O)C(=O)/C(=C(\O)c3ccc(OC)c(C)c3)C2c2ccc(O)cc2)cc1. The number of phenols is 1. The summed E-state index contributed by atoms with van der Waals surface area (Å²) in [6.07, 6.45) is 0. The lowest BCUT2D eigenvalue weighted by molar-refractivity contribution is -0.132. The lowest BCUT2D eigenvalue weighted by Gasteiger charge is -2.27. The van der Waals surface area contributed by atoms with Gasteiger partial charge in [0.05, 0.1) is 18.7 Å². The molecule has 1 aliphatic heterocycles. The summed E-state index contributed by atoms with van der Waals surface area (Å²) in [6.45, 7) is 7.66. The topological polar surface area (TPSA) is 90.3 Å². The van der Waals surface area contributed by atoms with Gasteiger partial charge in [0.25, 0.3) is 11.7 Å². The number of nitrogens with zero attached hydrogens (tertiary/aromatic N) is 2. The summed E-state index contributed by atoms with van der Waals surface area (Å²) in [6, 6.07) is 18.0. The monoisotopic (exact) mass is 486 g/mol. The molecule has 36 heavy (non-hydrogen) atoms. The van der Waals surface area contributed by atoms with E-state index < -0.39 is 17.7 Å². The number of amides is 1. The molecule has 0 bridgehead atoms. The molecule has 0 spiro atoms. The van der Waals surface area contributed by atoms with Crippen LogP contribution in [0, 0.1) is 6.92 Å². The summed E-state index contributed by atoms with van der Waals surface area (Å²) in [5, 5.41) is 21.1. The van der Waals surface area contributed by atoms with E-state index in [4.69, 9.17) is 4.74 Å². The normalized spacial score (nSPS) is 16.9. The molecular weight excluding hydrogens is 456 g/mol. The predicted molar refractivity (Wildman–Crippen MR) is 141 cm³/mol. The highest BCUT2D eigenvalue weighted by molar-refractivity contribution is 6.51. The molecule has 0 radical (unpaired) electrons. The minimum atomic E-state index is -0.868. The summed E-state index contributed by atoms with van der Waals surface area (Å²) < 4.78 is 5.31. The molecule has 1 unspecified atom stereocenters. The largest absolute Gasteiger partial charge is 0.508 e. The Morgan fingerprint density at radius 1 is 0.972 bits per heavy atom. The summed E-state index contributed by atoms with van der Waals surface area (Å²) >= 11 is 0. The van der Waals surface area contributed by atoms with Gasteiger partial charge in [-0.2, -0.15) is 0 Å². The van der Waals surface area contributed by atoms with Crippen LogP contribution in [-0.4, -0.2) is 42.1 Å². The van der Waals surface area contributed by atoms with Crippen LogP contribution in [0.15, 0.2) is 72.3 Å². The van der Waals surface area contributed by atoms with E-state index in [-0.39, 0.29) is 17.1 Å². The number of ketones is 1. The molecule has 1 saturated heterocycles. The van der Waals surface area contributed by atoms with E-state index in [1.54, 1.807) is 37.4 Å². The third-order valence-electron chi connectivity index (χ3n) is 6.58. The Bertz CT molecular complexity index is 1310. The minimum Gasteiger partial charge on any atom is -0.508 e. The van der Waals surface area contributed by atoms with Crippen molar-refractivity contribution in [1.29, 1.82) is 0 Å². The zero-order valence-corrected chi connectivity index (χ0v) is 20.9. The van der Waals surface area contributed by atoms with Gasteiger partial charge < -0.3 is 19.8 Å². The zero-order valence-electron chi connectivity index (χ0n) is 20.9. The van der Waals surface area contributed by atoms with Crippen molar-refractivity contribution in [2.75, 3.05) is 30.0 Å². The van der Waals surface area contributed by atoms with Gasteiger partial charge in [0.1, 0.15) is 17.3 Å². The van der Waals surface area contributed by atoms with Gasteiger partial charge in [0, 0.05) is 30.0 Å². The molecule has 0 aliphatic carbocycles. The number of anilines is 2. The van der Waals surface area contributed by atoms with Gasteiger partial charge in [-0.1, -0.05) is 12.1 Å². The number of aryl methyl sites for hydroxylation is 1. The molecule has 1 heterocycles. The molecule has 7 heteroatoms. The van der Waals surface area contributed by atoms with Crippen molar-refractivity contribution in [3.05, 3.63) is 89.0 Å². The summed E-state index contributed by atoms with van der Waals surface area (Å²) in [5.74, 6) is -1.05. The van der Waals surface area contributed by atoms with Gasteiger partial charge in [0.2, 0.25) is 0 Å². The number of benzene rings is 3. The first kappa shape index (κ1) is 24.9. The van der Waals surface area contributed by atoms with Gasteiger partial charge in [0.15, 0.2) is 0 Å². The van der Waals surface area contributed by atoms with Crippen LogP contribution >= 0.6 is 0 Å². The maximum Gasteiger partial charge on any atom is 0.300 e. The number of rotatable bonds is 7. The predicted octanol–water partition coefficient (Wildman–Crippen LogP) is 5.18. The lowest BCUT2D eigenvalue weighted by Crippen LogP contribution is -2.29. The number of methoxy groups -OCH3 is 1. The van der Waals surface area contributed by atoms with Gasteiger partial charge in [-0.25, -0.2) is 0 Å². The second-order valence-electron chi connectivity index (χ2n) is 8.63. The van der Waals surface area contributed by atoms with Gasteiger partial charge in [-0.15, -0.1) is 0 Å². The number of aliphatic hydroxyl groups excluding tert-OH is 1. The van der Waals surface area contributed by atoms with Crippen LogP contribution in [0.4, 0.5) is 11.4 Å². The van der Waals surface area contributed by atoms with Crippen molar-refractivity contribution in [2.45, 2.75) is 26.8 Å². The van der Waals surface area contributed by atoms with E-state index in [0.717, 1.165) is 24.3 Å². The quantitative estimate of drug-likeness (QED) is 0.272. The van der Waals surface area contributed by atoms with Crippen LogP contribution in [0.5, 0.6) is 11.5 Å². The average Bonchev–Trinajstić information content (AvgIpc) is 3.15. The van der Waals surface area contributed by atoms with Gasteiger partial charge in [-0.05, 0) is 86.5 Å². The van der Waals surface area contributed by atoms with Crippen molar-refractivity contribution >= 4 is 28.8 Å². The van der Waals surface area contributed by atoms with E-state index in [9.17, 15) is 19.8 Å². The number of carbonyl (C=O) groups is 2. The molecule has 1 aliphatic rings. The van der Waals surface area contributed by atoms with Gasteiger partial charge in [-0.3, -0.25) is 14.5 Å². The maximum absolute atomic E-state index is 13.4. The van der Waals surface area contributed by atoms with Crippen LogP contribution < -0.4 is 14.5 Å². The van der Waals surface area contributed by atoms with E-state index in [1.807, 2.05) is 31.2 Å². The molecule has 186 valence electrons. The molecule has 3 aromatic carbocycles. The van der Waals surface area contributed by atoms with Crippen molar-refractivity contribution in [2.24, 2.45) is 0 Å². The van der Waals surface area contributed by atoms with E-state index in [1.165, 1.54) is 17.0 Å². The molecular formula is C29H30N2O5. The third-order valence-corrected chi connectivity index (χ3v) is 6.58. The fourth-order valence-corrected chi connectivity index (χ4v) is 4.66. The molecule has 1 fully saturated rings. The Balaban J connectivity index is 1.87. The van der Waals surface area contributed by atoms with Crippen LogP contribution in [0.2, 0.25) is 0 Å². The highest BCUT2D eigenvalue weighted by Crippen LogP contribution is 2.43. The van der Waals surface area contributed by atoms with E-state index >= 15 is 0 Å². The smallest absolute Gasteiger partial charge is 0.300 e. The number of Topliss-reactive ketones (excluding diaryl/α,β-unsaturated/α-hetero) is 1. The van der Waals surface area contributed by atoms with Crippen molar-refractivity contribution < 1.29 is 24.5 Å². The number of carbonyl (C=O) groups excluding carboxylic acids is 2. The maximum atomic E-state index is 13.4. The van der Waals surface area contributed by atoms with E-state index in [2.05, 4.69) is 18.7 Å². The van der Waals surface area contributed by atoms with Crippen LogP contribution in [0.1, 0.15) is 36.6 Å². The zero-order chi connectivity index (χ0) is 26.0. The highest BCUT2D eigenvalue weighted by Gasteiger charge is 2.47. The first-order valence-electron chi connectivity index (χ1n) is 11.9. The van der Waals surface area contributed by atoms with Crippen LogP contribution in [-0.2, 0) is 9.59 Å². The Kier molecular flexibility index (Phi) is 7.01. The van der Waals surface area contributed by atoms with E-state index in [0.29, 0.717) is 22.6 Å². The summed E-state index contributed by atoms with van der Waals surface area (Å²) in [4.78, 5) is 30.3. The minimum absolute atomic E-state index is 0.0110. The Hall–Kier alpha value is -4.26.